The zero-order valence-corrected chi connectivity index (χ0v) is 12.7. The summed E-state index contributed by atoms with van der Waals surface area (Å²) in [6, 6.07) is 14.4. The third-order valence-corrected chi connectivity index (χ3v) is 3.40. The van der Waals surface area contributed by atoms with E-state index in [-0.39, 0.29) is 24.7 Å². The number of nitrogens with one attached hydrogen (secondary N) is 1. The normalized spacial score (nSPS) is 12.1. The van der Waals surface area contributed by atoms with E-state index in [2.05, 4.69) is 5.32 Å². The summed E-state index contributed by atoms with van der Waals surface area (Å²) in [7, 11) is 0. The molecule has 0 saturated heterocycles. The molecule has 2 aromatic carbocycles. The summed E-state index contributed by atoms with van der Waals surface area (Å²) in [5.41, 5.74) is 0.628. The molecule has 0 spiro atoms. The van der Waals surface area contributed by atoms with E-state index in [1.165, 1.54) is 24.3 Å². The molecule has 124 valence electrons. The van der Waals surface area contributed by atoms with Gasteiger partial charge in [-0.1, -0.05) is 18.2 Å². The summed E-state index contributed by atoms with van der Waals surface area (Å²) in [5.74, 6) is -0.144. The van der Waals surface area contributed by atoms with Crippen LogP contribution >= 0.6 is 0 Å². The molecule has 24 heavy (non-hydrogen) atoms. The van der Waals surface area contributed by atoms with Crippen LogP contribution in [0.4, 0.5) is 4.39 Å². The Morgan fingerprint density at radius 1 is 1.21 bits per heavy atom. The van der Waals surface area contributed by atoms with E-state index in [9.17, 15) is 14.3 Å². The molecule has 2 N–H and O–H groups in total. The van der Waals surface area contributed by atoms with E-state index in [0.717, 1.165) is 5.39 Å². The van der Waals surface area contributed by atoms with Gasteiger partial charge >= 0.3 is 0 Å². The second kappa shape index (κ2) is 7.14. The maximum Gasteiger partial charge on any atom is 0.287 e. The predicted molar refractivity (Wildman–Crippen MR) is 86.4 cm³/mol. The molecule has 1 aromatic heterocycles. The molecule has 0 radical (unpaired) electrons. The Morgan fingerprint density at radius 2 is 1.96 bits per heavy atom. The largest absolute Gasteiger partial charge is 0.491 e. The number of aliphatic hydroxyl groups is 1. The van der Waals surface area contributed by atoms with Crippen molar-refractivity contribution in [2.75, 3.05) is 13.2 Å². The van der Waals surface area contributed by atoms with Gasteiger partial charge in [-0.2, -0.15) is 0 Å². The van der Waals surface area contributed by atoms with E-state index in [1.54, 1.807) is 12.1 Å². The van der Waals surface area contributed by atoms with Gasteiger partial charge in [0.15, 0.2) is 5.76 Å². The average molecular weight is 329 g/mol. The van der Waals surface area contributed by atoms with Crippen molar-refractivity contribution < 1.29 is 23.4 Å². The summed E-state index contributed by atoms with van der Waals surface area (Å²) in [4.78, 5) is 12.0. The number of fused-ring (bicyclic) bond motifs is 1. The van der Waals surface area contributed by atoms with Crippen molar-refractivity contribution >= 4 is 16.9 Å². The number of hydrogen-bond acceptors (Lipinski definition) is 4. The standard InChI is InChI=1S/C18H16FNO4/c19-13-5-7-15(8-6-13)23-11-14(21)10-20-18(22)17-9-12-3-1-2-4-16(12)24-17/h1-9,14,21H,10-11H2,(H,20,22). The molecule has 3 aromatic rings. The minimum Gasteiger partial charge on any atom is -0.491 e. The minimum absolute atomic E-state index is 0.0110. The highest BCUT2D eigenvalue weighted by Gasteiger charge is 2.14. The quantitative estimate of drug-likeness (QED) is 0.729. The second-order valence-electron chi connectivity index (χ2n) is 5.28. The molecule has 0 aliphatic rings. The highest BCUT2D eigenvalue weighted by Crippen LogP contribution is 2.18. The highest BCUT2D eigenvalue weighted by molar-refractivity contribution is 5.96. The summed E-state index contributed by atoms with van der Waals surface area (Å²) in [6.45, 7) is -0.0108. The molecule has 1 amide bonds. The number of halogens is 1. The SMILES string of the molecule is O=C(NCC(O)COc1ccc(F)cc1)c1cc2ccccc2o1. The lowest BCUT2D eigenvalue weighted by Gasteiger charge is -2.12. The third-order valence-electron chi connectivity index (χ3n) is 3.40. The van der Waals surface area contributed by atoms with E-state index in [0.29, 0.717) is 11.3 Å². The fourth-order valence-electron chi connectivity index (χ4n) is 2.17. The molecule has 0 bridgehead atoms. The van der Waals surface area contributed by atoms with Crippen molar-refractivity contribution in [1.82, 2.24) is 5.32 Å². The topological polar surface area (TPSA) is 71.7 Å². The van der Waals surface area contributed by atoms with Crippen LogP contribution in [0.25, 0.3) is 11.0 Å². The van der Waals surface area contributed by atoms with Crippen LogP contribution in [0, 0.1) is 5.82 Å². The second-order valence-corrected chi connectivity index (χ2v) is 5.28. The number of hydrogen-bond donors (Lipinski definition) is 2. The van der Waals surface area contributed by atoms with Crippen molar-refractivity contribution in [3.8, 4) is 5.75 Å². The zero-order chi connectivity index (χ0) is 16.9. The van der Waals surface area contributed by atoms with Crippen LogP contribution in [0.5, 0.6) is 5.75 Å². The summed E-state index contributed by atoms with van der Waals surface area (Å²) in [5, 5.41) is 13.3. The van der Waals surface area contributed by atoms with Gasteiger partial charge in [-0.05, 0) is 36.4 Å². The van der Waals surface area contributed by atoms with Crippen molar-refractivity contribution in [2.24, 2.45) is 0 Å². The van der Waals surface area contributed by atoms with Gasteiger partial charge in [0.2, 0.25) is 0 Å². The van der Waals surface area contributed by atoms with E-state index < -0.39 is 12.0 Å². The third kappa shape index (κ3) is 3.91. The van der Waals surface area contributed by atoms with Gasteiger partial charge in [0.05, 0.1) is 0 Å². The Labute approximate surface area is 137 Å². The van der Waals surface area contributed by atoms with E-state index in [4.69, 9.17) is 9.15 Å². The number of aliphatic hydroxyl groups excluding tert-OH is 1. The number of furan rings is 1. The lowest BCUT2D eigenvalue weighted by atomic mass is 10.2. The monoisotopic (exact) mass is 329 g/mol. The molecule has 6 heteroatoms. The summed E-state index contributed by atoms with van der Waals surface area (Å²) < 4.78 is 23.5. The minimum atomic E-state index is -0.900. The van der Waals surface area contributed by atoms with Gasteiger partial charge < -0.3 is 19.6 Å². The fraction of sp³-hybridized carbons (Fsp3) is 0.167. The lowest BCUT2D eigenvalue weighted by Crippen LogP contribution is -2.35. The smallest absolute Gasteiger partial charge is 0.287 e. The first-order valence-corrected chi connectivity index (χ1v) is 7.45. The molecule has 0 aliphatic carbocycles. The molecular weight excluding hydrogens is 313 g/mol. The molecular formula is C18H16FNO4. The fourth-order valence-corrected chi connectivity index (χ4v) is 2.17. The molecule has 0 aliphatic heterocycles. The average Bonchev–Trinajstić information content (AvgIpc) is 3.03. The van der Waals surface area contributed by atoms with Crippen LogP contribution in [0.15, 0.2) is 59.0 Å². The number of amides is 1. The summed E-state index contributed by atoms with van der Waals surface area (Å²) in [6.07, 6.45) is -0.900. The Morgan fingerprint density at radius 3 is 2.71 bits per heavy atom. The van der Waals surface area contributed by atoms with Gasteiger partial charge in [0.1, 0.15) is 29.9 Å². The Hall–Kier alpha value is -2.86. The molecule has 5 nitrogen and oxygen atoms in total. The van der Waals surface area contributed by atoms with Gasteiger partial charge in [-0.25, -0.2) is 4.39 Å². The van der Waals surface area contributed by atoms with Gasteiger partial charge in [0.25, 0.3) is 5.91 Å². The van der Waals surface area contributed by atoms with Crippen LogP contribution in [-0.4, -0.2) is 30.3 Å². The van der Waals surface area contributed by atoms with Crippen LogP contribution in [0.3, 0.4) is 0 Å². The predicted octanol–water partition coefficient (Wildman–Crippen LogP) is 2.74. The zero-order valence-electron chi connectivity index (χ0n) is 12.7. The molecule has 0 fully saturated rings. The Bertz CT molecular complexity index is 795. The van der Waals surface area contributed by atoms with Crippen molar-refractivity contribution in [3.05, 3.63) is 66.2 Å². The molecule has 1 unspecified atom stereocenters. The van der Waals surface area contributed by atoms with Crippen LogP contribution in [0.1, 0.15) is 10.6 Å². The maximum absolute atomic E-state index is 12.8. The lowest BCUT2D eigenvalue weighted by molar-refractivity contribution is 0.0823. The number of carbonyl (C=O) groups excluding carboxylic acids is 1. The van der Waals surface area contributed by atoms with Crippen molar-refractivity contribution in [2.45, 2.75) is 6.10 Å². The molecule has 1 heterocycles. The Kier molecular flexibility index (Phi) is 4.77. The van der Waals surface area contributed by atoms with Gasteiger partial charge in [-0.3, -0.25) is 4.79 Å². The van der Waals surface area contributed by atoms with Crippen LogP contribution in [0.2, 0.25) is 0 Å². The van der Waals surface area contributed by atoms with Crippen molar-refractivity contribution in [1.29, 1.82) is 0 Å². The highest BCUT2D eigenvalue weighted by atomic mass is 19.1. The van der Waals surface area contributed by atoms with Crippen LogP contribution in [-0.2, 0) is 0 Å². The first kappa shape index (κ1) is 16.0. The van der Waals surface area contributed by atoms with Crippen LogP contribution < -0.4 is 10.1 Å². The number of ether oxygens (including phenoxy) is 1. The first-order valence-electron chi connectivity index (χ1n) is 7.45. The molecule has 3 rings (SSSR count). The maximum atomic E-state index is 12.8. The first-order chi connectivity index (χ1) is 11.6. The summed E-state index contributed by atoms with van der Waals surface area (Å²) >= 11 is 0. The number of carbonyl (C=O) groups is 1. The Balaban J connectivity index is 1.49. The number of benzene rings is 2. The van der Waals surface area contributed by atoms with E-state index in [1.807, 2.05) is 18.2 Å². The molecule has 0 saturated carbocycles. The van der Waals surface area contributed by atoms with Crippen molar-refractivity contribution in [3.63, 3.8) is 0 Å². The van der Waals surface area contributed by atoms with Gasteiger partial charge in [0, 0.05) is 11.9 Å². The van der Waals surface area contributed by atoms with E-state index >= 15 is 0 Å². The van der Waals surface area contributed by atoms with Gasteiger partial charge in [-0.15, -0.1) is 0 Å². The number of para-hydroxylation sites is 1. The number of rotatable bonds is 6. The molecule has 1 atom stereocenters.